The molecule has 0 aliphatic heterocycles. The van der Waals surface area contributed by atoms with E-state index in [1.165, 1.54) is 11.1 Å². The Hall–Kier alpha value is -1.96. The van der Waals surface area contributed by atoms with E-state index in [9.17, 15) is 0 Å². The molecule has 0 saturated carbocycles. The van der Waals surface area contributed by atoms with Crippen LogP contribution in [0, 0.1) is 0 Å². The molecule has 0 aliphatic rings. The molecule has 0 saturated heterocycles. The maximum atomic E-state index is 6.10. The molecule has 0 spiro atoms. The quantitative estimate of drug-likeness (QED) is 0.768. The van der Waals surface area contributed by atoms with Crippen molar-refractivity contribution in [2.75, 3.05) is 11.5 Å². The summed E-state index contributed by atoms with van der Waals surface area (Å²) < 4.78 is 0. The summed E-state index contributed by atoms with van der Waals surface area (Å²) in [4.78, 5) is 0. The van der Waals surface area contributed by atoms with Gasteiger partial charge in [0, 0.05) is 0 Å². The van der Waals surface area contributed by atoms with Crippen LogP contribution < -0.4 is 11.5 Å². The van der Waals surface area contributed by atoms with Crippen LogP contribution in [-0.2, 0) is 0 Å². The van der Waals surface area contributed by atoms with Crippen LogP contribution in [0.1, 0.15) is 25.3 Å². The van der Waals surface area contributed by atoms with Gasteiger partial charge in [-0.1, -0.05) is 50.2 Å². The Bertz CT molecular complexity index is 516. The van der Waals surface area contributed by atoms with E-state index in [-0.39, 0.29) is 0 Å². The zero-order valence-corrected chi connectivity index (χ0v) is 10.3. The summed E-state index contributed by atoms with van der Waals surface area (Å²) in [5.74, 6) is 0.355. The van der Waals surface area contributed by atoms with Gasteiger partial charge in [-0.2, -0.15) is 0 Å². The van der Waals surface area contributed by atoms with E-state index in [4.69, 9.17) is 11.5 Å². The fraction of sp³-hybridized carbons (Fsp3) is 0.200. The lowest BCUT2D eigenvalue weighted by molar-refractivity contribution is 0.873. The number of nitrogen functional groups attached to an aromatic ring is 2. The van der Waals surface area contributed by atoms with Crippen LogP contribution in [0.25, 0.3) is 11.1 Å². The minimum atomic E-state index is 0.355. The minimum Gasteiger partial charge on any atom is -0.397 e. The molecule has 2 rings (SSSR count). The molecule has 88 valence electrons. The molecule has 0 bridgehead atoms. The standard InChI is InChI=1S/C15H18N2/c1-10(2)14-12(8-9-13(16)15(14)17)11-6-4-3-5-7-11/h3-10H,16-17H2,1-2H3. The molecule has 17 heavy (non-hydrogen) atoms. The van der Waals surface area contributed by atoms with Gasteiger partial charge >= 0.3 is 0 Å². The van der Waals surface area contributed by atoms with E-state index < -0.39 is 0 Å². The molecule has 0 atom stereocenters. The van der Waals surface area contributed by atoms with Crippen molar-refractivity contribution in [3.05, 3.63) is 48.0 Å². The molecule has 0 aromatic heterocycles. The molecule has 0 amide bonds. The van der Waals surface area contributed by atoms with Gasteiger partial charge in [-0.3, -0.25) is 0 Å². The highest BCUT2D eigenvalue weighted by molar-refractivity contribution is 5.80. The van der Waals surface area contributed by atoms with Gasteiger partial charge in [0.1, 0.15) is 0 Å². The van der Waals surface area contributed by atoms with E-state index in [1.807, 2.05) is 24.3 Å². The molecular weight excluding hydrogens is 208 g/mol. The number of hydrogen-bond donors (Lipinski definition) is 2. The van der Waals surface area contributed by atoms with E-state index in [1.54, 1.807) is 0 Å². The van der Waals surface area contributed by atoms with Crippen LogP contribution in [0.3, 0.4) is 0 Å². The highest BCUT2D eigenvalue weighted by atomic mass is 14.7. The summed E-state index contributed by atoms with van der Waals surface area (Å²) in [6.45, 7) is 4.27. The van der Waals surface area contributed by atoms with Crippen LogP contribution in [-0.4, -0.2) is 0 Å². The molecule has 2 heteroatoms. The predicted octanol–water partition coefficient (Wildman–Crippen LogP) is 3.64. The second kappa shape index (κ2) is 4.50. The van der Waals surface area contributed by atoms with Crippen molar-refractivity contribution in [2.24, 2.45) is 0 Å². The molecule has 0 fully saturated rings. The van der Waals surface area contributed by atoms with Crippen molar-refractivity contribution in [1.82, 2.24) is 0 Å². The summed E-state index contributed by atoms with van der Waals surface area (Å²) in [6.07, 6.45) is 0. The van der Waals surface area contributed by atoms with Gasteiger partial charge < -0.3 is 11.5 Å². The third-order valence-electron chi connectivity index (χ3n) is 2.98. The normalized spacial score (nSPS) is 10.8. The Morgan fingerprint density at radius 2 is 1.53 bits per heavy atom. The van der Waals surface area contributed by atoms with Crippen molar-refractivity contribution >= 4 is 11.4 Å². The van der Waals surface area contributed by atoms with Crippen molar-refractivity contribution in [3.8, 4) is 11.1 Å². The second-order valence-corrected chi connectivity index (χ2v) is 4.55. The maximum absolute atomic E-state index is 6.10. The summed E-state index contributed by atoms with van der Waals surface area (Å²) in [7, 11) is 0. The first-order valence-electron chi connectivity index (χ1n) is 5.84. The van der Waals surface area contributed by atoms with Gasteiger partial charge in [-0.05, 0) is 28.7 Å². The Labute approximate surface area is 102 Å². The van der Waals surface area contributed by atoms with Gasteiger partial charge in [-0.15, -0.1) is 0 Å². The summed E-state index contributed by atoms with van der Waals surface area (Å²) >= 11 is 0. The first-order valence-corrected chi connectivity index (χ1v) is 5.84. The highest BCUT2D eigenvalue weighted by Crippen LogP contribution is 2.36. The Balaban J connectivity index is 2.67. The molecule has 0 radical (unpaired) electrons. The molecule has 2 aromatic rings. The fourth-order valence-corrected chi connectivity index (χ4v) is 2.14. The SMILES string of the molecule is CC(C)c1c(-c2ccccc2)ccc(N)c1N. The first-order chi connectivity index (χ1) is 8.11. The molecule has 2 nitrogen and oxygen atoms in total. The van der Waals surface area contributed by atoms with Crippen molar-refractivity contribution < 1.29 is 0 Å². The van der Waals surface area contributed by atoms with E-state index in [2.05, 4.69) is 32.0 Å². The van der Waals surface area contributed by atoms with Crippen LogP contribution in [0.15, 0.2) is 42.5 Å². The van der Waals surface area contributed by atoms with E-state index in [0.717, 1.165) is 5.56 Å². The summed E-state index contributed by atoms with van der Waals surface area (Å²) in [5.41, 5.74) is 16.8. The largest absolute Gasteiger partial charge is 0.397 e. The van der Waals surface area contributed by atoms with Gasteiger partial charge in [0.15, 0.2) is 0 Å². The number of nitrogens with two attached hydrogens (primary N) is 2. The van der Waals surface area contributed by atoms with Gasteiger partial charge in [0.25, 0.3) is 0 Å². The van der Waals surface area contributed by atoms with Crippen molar-refractivity contribution in [2.45, 2.75) is 19.8 Å². The molecule has 0 unspecified atom stereocenters. The lowest BCUT2D eigenvalue weighted by Gasteiger charge is -2.17. The molecular formula is C15H18N2. The number of hydrogen-bond acceptors (Lipinski definition) is 2. The smallest absolute Gasteiger partial charge is 0.0589 e. The Morgan fingerprint density at radius 1 is 0.882 bits per heavy atom. The molecule has 0 heterocycles. The van der Waals surface area contributed by atoms with Gasteiger partial charge in [0.05, 0.1) is 11.4 Å². The molecule has 2 aromatic carbocycles. The van der Waals surface area contributed by atoms with Crippen LogP contribution >= 0.6 is 0 Å². The zero-order valence-electron chi connectivity index (χ0n) is 10.3. The molecule has 0 aliphatic carbocycles. The predicted molar refractivity (Wildman–Crippen MR) is 74.8 cm³/mol. The lowest BCUT2D eigenvalue weighted by atomic mass is 9.90. The number of benzene rings is 2. The van der Waals surface area contributed by atoms with Crippen LogP contribution in [0.5, 0.6) is 0 Å². The van der Waals surface area contributed by atoms with E-state index >= 15 is 0 Å². The Morgan fingerprint density at radius 3 is 2.12 bits per heavy atom. The number of anilines is 2. The fourth-order valence-electron chi connectivity index (χ4n) is 2.14. The maximum Gasteiger partial charge on any atom is 0.0589 e. The third kappa shape index (κ3) is 2.11. The average Bonchev–Trinajstić information content (AvgIpc) is 2.33. The van der Waals surface area contributed by atoms with Gasteiger partial charge in [-0.25, -0.2) is 0 Å². The highest BCUT2D eigenvalue weighted by Gasteiger charge is 2.13. The second-order valence-electron chi connectivity index (χ2n) is 4.55. The summed E-state index contributed by atoms with van der Waals surface area (Å²) in [5, 5.41) is 0. The minimum absolute atomic E-state index is 0.355. The van der Waals surface area contributed by atoms with E-state index in [0.29, 0.717) is 17.3 Å². The number of rotatable bonds is 2. The molecule has 4 N–H and O–H groups in total. The Kier molecular flexibility index (Phi) is 3.05. The average molecular weight is 226 g/mol. The first kappa shape index (κ1) is 11.5. The van der Waals surface area contributed by atoms with Crippen molar-refractivity contribution in [3.63, 3.8) is 0 Å². The zero-order chi connectivity index (χ0) is 12.4. The summed E-state index contributed by atoms with van der Waals surface area (Å²) in [6, 6.07) is 14.2. The lowest BCUT2D eigenvalue weighted by Crippen LogP contribution is -2.03. The van der Waals surface area contributed by atoms with Crippen molar-refractivity contribution in [1.29, 1.82) is 0 Å². The van der Waals surface area contributed by atoms with Crippen LogP contribution in [0.2, 0.25) is 0 Å². The van der Waals surface area contributed by atoms with Gasteiger partial charge in [0.2, 0.25) is 0 Å². The monoisotopic (exact) mass is 226 g/mol. The third-order valence-corrected chi connectivity index (χ3v) is 2.98. The topological polar surface area (TPSA) is 52.0 Å². The van der Waals surface area contributed by atoms with Crippen LogP contribution in [0.4, 0.5) is 11.4 Å².